The quantitative estimate of drug-likeness (QED) is 0.129. The molecule has 0 aromatic rings. The van der Waals surface area contributed by atoms with Gasteiger partial charge in [0.15, 0.2) is 0 Å². The highest BCUT2D eigenvalue weighted by atomic mass is 15.2. The molecule has 0 aromatic carbocycles. The van der Waals surface area contributed by atoms with Gasteiger partial charge in [-0.05, 0) is 57.0 Å². The van der Waals surface area contributed by atoms with Gasteiger partial charge in [0.2, 0.25) is 0 Å². The monoisotopic (exact) mass is 461 g/mol. The molecule has 0 spiro atoms. The van der Waals surface area contributed by atoms with E-state index < -0.39 is 0 Å². The van der Waals surface area contributed by atoms with Crippen LogP contribution in [0.3, 0.4) is 0 Å². The zero-order valence-electron chi connectivity index (χ0n) is 23.3. The minimum atomic E-state index is 0.914. The van der Waals surface area contributed by atoms with Gasteiger partial charge in [-0.25, -0.2) is 0 Å². The number of rotatable bonds is 24. The maximum atomic E-state index is 2.86. The van der Waals surface area contributed by atoms with Crippen LogP contribution in [0.25, 0.3) is 0 Å². The largest absolute Gasteiger partial charge is 0.300 e. The van der Waals surface area contributed by atoms with Crippen LogP contribution in [0, 0.1) is 11.8 Å². The van der Waals surface area contributed by atoms with Gasteiger partial charge in [-0.3, -0.25) is 0 Å². The number of likely N-dealkylation sites (tertiary alicyclic amines) is 1. The molecule has 0 amide bonds. The summed E-state index contributed by atoms with van der Waals surface area (Å²) in [5, 5.41) is 0. The summed E-state index contributed by atoms with van der Waals surface area (Å²) in [5.74, 6) is 2.26. The summed E-state index contributed by atoms with van der Waals surface area (Å²) < 4.78 is 0. The Morgan fingerprint density at radius 3 is 1.36 bits per heavy atom. The van der Waals surface area contributed by atoms with E-state index in [-0.39, 0.29) is 0 Å². The Bertz CT molecular complexity index is 413. The number of hydrogen-bond acceptors (Lipinski definition) is 1. The van der Waals surface area contributed by atoms with Gasteiger partial charge in [-0.2, -0.15) is 0 Å². The number of hydrogen-bond donors (Lipinski definition) is 0. The topological polar surface area (TPSA) is 3.24 Å². The molecule has 3 atom stereocenters. The van der Waals surface area contributed by atoms with Gasteiger partial charge in [-0.15, -0.1) is 0 Å². The van der Waals surface area contributed by atoms with E-state index in [1.807, 2.05) is 0 Å². The molecule has 1 saturated heterocycles. The van der Waals surface area contributed by atoms with Crippen LogP contribution in [0.1, 0.15) is 174 Å². The molecule has 1 heteroatoms. The molecule has 3 unspecified atom stereocenters. The summed E-state index contributed by atoms with van der Waals surface area (Å²) in [6.07, 6.45) is 37.1. The molecule has 1 aliphatic carbocycles. The smallest absolute Gasteiger partial charge is 0.00952 e. The summed E-state index contributed by atoms with van der Waals surface area (Å²) in [7, 11) is 0. The van der Waals surface area contributed by atoms with Crippen LogP contribution in [0.15, 0.2) is 0 Å². The average Bonchev–Trinajstić information content (AvgIpc) is 3.34. The van der Waals surface area contributed by atoms with Gasteiger partial charge >= 0.3 is 0 Å². The van der Waals surface area contributed by atoms with Crippen LogP contribution >= 0.6 is 0 Å². The first-order valence-electron chi connectivity index (χ1n) is 16.1. The van der Waals surface area contributed by atoms with Crippen LogP contribution in [0.2, 0.25) is 0 Å². The lowest BCUT2D eigenvalue weighted by molar-refractivity contribution is 0.209. The molecule has 33 heavy (non-hydrogen) atoms. The zero-order valence-corrected chi connectivity index (χ0v) is 23.3. The second kappa shape index (κ2) is 20.2. The Hall–Kier alpha value is -0.0400. The van der Waals surface area contributed by atoms with E-state index in [0.29, 0.717) is 0 Å². The molecule has 2 aliphatic rings. The van der Waals surface area contributed by atoms with Crippen molar-refractivity contribution in [3.63, 3.8) is 0 Å². The molecule has 1 nitrogen and oxygen atoms in total. The van der Waals surface area contributed by atoms with E-state index in [0.717, 1.165) is 17.9 Å². The summed E-state index contributed by atoms with van der Waals surface area (Å²) in [6, 6.07) is 0.914. The third-order valence-electron chi connectivity index (χ3n) is 8.91. The fraction of sp³-hybridized carbons (Fsp3) is 1.00. The molecule has 2 fully saturated rings. The van der Waals surface area contributed by atoms with E-state index >= 15 is 0 Å². The lowest BCUT2D eigenvalue weighted by Crippen LogP contribution is -2.32. The highest BCUT2D eigenvalue weighted by Gasteiger charge is 2.35. The number of unbranched alkanes of at least 4 members (excludes halogenated alkanes) is 15. The summed E-state index contributed by atoms with van der Waals surface area (Å²) >= 11 is 0. The first-order valence-corrected chi connectivity index (χ1v) is 16.1. The van der Waals surface area contributed by atoms with Crippen molar-refractivity contribution in [3.05, 3.63) is 0 Å². The molecule has 0 aromatic heterocycles. The van der Waals surface area contributed by atoms with Gasteiger partial charge in [-0.1, -0.05) is 142 Å². The molecule has 0 N–H and O–H groups in total. The van der Waals surface area contributed by atoms with Crippen molar-refractivity contribution in [1.82, 2.24) is 4.90 Å². The Morgan fingerprint density at radius 1 is 0.515 bits per heavy atom. The predicted octanol–water partition coefficient (Wildman–Crippen LogP) is 10.7. The van der Waals surface area contributed by atoms with E-state index in [1.54, 1.807) is 19.3 Å². The normalized spacial score (nSPS) is 21.6. The fourth-order valence-corrected chi connectivity index (χ4v) is 6.47. The molecular weight excluding hydrogens is 398 g/mol. The maximum absolute atomic E-state index is 2.86. The Balaban J connectivity index is 1.40. The Labute approximate surface area is 210 Å². The molecule has 0 radical (unpaired) electrons. The van der Waals surface area contributed by atoms with Crippen molar-refractivity contribution in [2.45, 2.75) is 180 Å². The van der Waals surface area contributed by atoms with Crippen LogP contribution in [0.5, 0.6) is 0 Å². The molecular formula is C32H63N. The van der Waals surface area contributed by atoms with Crippen LogP contribution in [-0.2, 0) is 0 Å². The second-order valence-electron chi connectivity index (χ2n) is 12.0. The predicted molar refractivity (Wildman–Crippen MR) is 149 cm³/mol. The maximum Gasteiger partial charge on any atom is 0.00952 e. The second-order valence-corrected chi connectivity index (χ2v) is 12.0. The molecule has 0 bridgehead atoms. The fourth-order valence-electron chi connectivity index (χ4n) is 6.47. The van der Waals surface area contributed by atoms with E-state index in [9.17, 15) is 0 Å². The van der Waals surface area contributed by atoms with E-state index in [2.05, 4.69) is 18.7 Å². The minimum Gasteiger partial charge on any atom is -0.300 e. The lowest BCUT2D eigenvalue weighted by Gasteiger charge is -2.27. The minimum absolute atomic E-state index is 0.914. The zero-order chi connectivity index (χ0) is 23.4. The summed E-state index contributed by atoms with van der Waals surface area (Å²) in [4.78, 5) is 2.86. The molecule has 1 saturated carbocycles. The molecule has 1 heterocycles. The van der Waals surface area contributed by atoms with Gasteiger partial charge in [0, 0.05) is 6.04 Å². The average molecular weight is 462 g/mol. The number of nitrogens with zero attached hydrogens (tertiary/aromatic N) is 1. The highest BCUT2D eigenvalue weighted by molar-refractivity contribution is 4.85. The van der Waals surface area contributed by atoms with E-state index in [4.69, 9.17) is 0 Å². The van der Waals surface area contributed by atoms with Crippen LogP contribution in [-0.4, -0.2) is 24.0 Å². The standard InChI is InChI=1S/C32H63N/c1-3-5-7-9-11-15-19-25-32(33-27-21-22-28-33)26-20-16-12-14-18-24-31-29-30(31)23-17-13-10-8-6-4-2/h30-32H,3-29H2,1-2H3. The lowest BCUT2D eigenvalue weighted by atomic mass is 9.98. The van der Waals surface area contributed by atoms with Gasteiger partial charge in [0.25, 0.3) is 0 Å². The van der Waals surface area contributed by atoms with Crippen molar-refractivity contribution in [2.24, 2.45) is 11.8 Å². The van der Waals surface area contributed by atoms with Gasteiger partial charge in [0.1, 0.15) is 0 Å². The highest BCUT2D eigenvalue weighted by Crippen LogP contribution is 2.45. The third-order valence-corrected chi connectivity index (χ3v) is 8.91. The van der Waals surface area contributed by atoms with Crippen molar-refractivity contribution in [1.29, 1.82) is 0 Å². The van der Waals surface area contributed by atoms with E-state index in [1.165, 1.54) is 154 Å². The summed E-state index contributed by atoms with van der Waals surface area (Å²) in [6.45, 7) is 7.42. The SMILES string of the molecule is CCCCCCCCCC(CCCCCCCC1CC1CCCCCCCC)N1CCCC1. The van der Waals surface area contributed by atoms with Gasteiger partial charge in [0.05, 0.1) is 0 Å². The van der Waals surface area contributed by atoms with Crippen molar-refractivity contribution in [2.75, 3.05) is 13.1 Å². The van der Waals surface area contributed by atoms with Crippen LogP contribution in [0.4, 0.5) is 0 Å². The van der Waals surface area contributed by atoms with Crippen molar-refractivity contribution < 1.29 is 0 Å². The van der Waals surface area contributed by atoms with Crippen molar-refractivity contribution >= 4 is 0 Å². The molecule has 196 valence electrons. The Morgan fingerprint density at radius 2 is 0.909 bits per heavy atom. The Kier molecular flexibility index (Phi) is 17.9. The first-order chi connectivity index (χ1) is 16.3. The van der Waals surface area contributed by atoms with Crippen molar-refractivity contribution in [3.8, 4) is 0 Å². The third kappa shape index (κ3) is 14.8. The first kappa shape index (κ1) is 29.2. The van der Waals surface area contributed by atoms with Gasteiger partial charge < -0.3 is 4.90 Å². The van der Waals surface area contributed by atoms with Crippen LogP contribution < -0.4 is 0 Å². The molecule has 2 rings (SSSR count). The molecule has 1 aliphatic heterocycles. The summed E-state index contributed by atoms with van der Waals surface area (Å²) in [5.41, 5.74) is 0.